The van der Waals surface area contributed by atoms with Crippen molar-refractivity contribution in [3.05, 3.63) is 18.2 Å². The van der Waals surface area contributed by atoms with Crippen LogP contribution in [0.4, 0.5) is 0 Å². The van der Waals surface area contributed by atoms with Crippen LogP contribution in [0.25, 0.3) is 0 Å². The van der Waals surface area contributed by atoms with Gasteiger partial charge in [0.05, 0.1) is 6.61 Å². The lowest BCUT2D eigenvalue weighted by molar-refractivity contribution is -0.137. The maximum absolute atomic E-state index is 12.3. The number of benzene rings is 1. The van der Waals surface area contributed by atoms with Gasteiger partial charge in [0.25, 0.3) is 0 Å². The summed E-state index contributed by atoms with van der Waals surface area (Å²) in [6, 6.07) is 5.00. The Balaban J connectivity index is 2.69. The fourth-order valence-corrected chi connectivity index (χ4v) is 2.95. The van der Waals surface area contributed by atoms with Crippen molar-refractivity contribution < 1.29 is 23.8 Å². The smallest absolute Gasteiger partial charge is 0.311 e. The summed E-state index contributed by atoms with van der Waals surface area (Å²) in [6.45, 7) is 11.3. The Kier molecular flexibility index (Phi) is 12.9. The third-order valence-electron chi connectivity index (χ3n) is 4.66. The molecule has 170 valence electrons. The van der Waals surface area contributed by atoms with E-state index in [4.69, 9.17) is 14.2 Å². The average molecular weight is 421 g/mol. The van der Waals surface area contributed by atoms with Gasteiger partial charge in [0.1, 0.15) is 5.75 Å². The molecule has 0 amide bonds. The molecule has 1 rings (SSSR count). The van der Waals surface area contributed by atoms with E-state index in [0.29, 0.717) is 37.0 Å². The Morgan fingerprint density at radius 3 is 1.83 bits per heavy atom. The van der Waals surface area contributed by atoms with Crippen LogP contribution in [-0.4, -0.2) is 18.5 Å². The van der Waals surface area contributed by atoms with E-state index in [2.05, 4.69) is 27.7 Å². The molecule has 0 atom stereocenters. The lowest BCUT2D eigenvalue weighted by Gasteiger charge is -2.13. The van der Waals surface area contributed by atoms with Crippen LogP contribution in [-0.2, 0) is 9.59 Å². The number of ether oxygens (including phenoxy) is 3. The summed E-state index contributed by atoms with van der Waals surface area (Å²) in [4.78, 5) is 24.5. The second-order valence-corrected chi connectivity index (χ2v) is 8.68. The summed E-state index contributed by atoms with van der Waals surface area (Å²) in [5.41, 5.74) is 0. The molecule has 0 aromatic heterocycles. The van der Waals surface area contributed by atoms with E-state index in [-0.39, 0.29) is 23.4 Å². The van der Waals surface area contributed by atoms with E-state index >= 15 is 0 Å². The highest BCUT2D eigenvalue weighted by molar-refractivity contribution is 5.76. The van der Waals surface area contributed by atoms with Crippen molar-refractivity contribution in [3.8, 4) is 17.2 Å². The number of carbonyl (C=O) groups is 2. The first-order valence-corrected chi connectivity index (χ1v) is 11.5. The quantitative estimate of drug-likeness (QED) is 0.179. The van der Waals surface area contributed by atoms with Gasteiger partial charge in [-0.25, -0.2) is 0 Å². The van der Waals surface area contributed by atoms with Gasteiger partial charge in [-0.3, -0.25) is 9.59 Å². The molecule has 0 radical (unpaired) electrons. The summed E-state index contributed by atoms with van der Waals surface area (Å²) >= 11 is 0. The number of unbranched alkanes of at least 4 members (excludes halogenated alkanes) is 2. The highest BCUT2D eigenvalue weighted by Crippen LogP contribution is 2.32. The van der Waals surface area contributed by atoms with Crippen molar-refractivity contribution in [2.24, 2.45) is 11.8 Å². The lowest BCUT2D eigenvalue weighted by atomic mass is 10.1. The van der Waals surface area contributed by atoms with E-state index in [1.807, 2.05) is 6.92 Å². The summed E-state index contributed by atoms with van der Waals surface area (Å²) < 4.78 is 16.7. The van der Waals surface area contributed by atoms with Gasteiger partial charge in [0.2, 0.25) is 0 Å². The number of carbonyl (C=O) groups excluding carboxylic acids is 2. The minimum absolute atomic E-state index is 0.244. The first kappa shape index (κ1) is 26.0. The standard InChI is InChI=1S/C25H40O5/c1-6-17-28-21-15-16-22(29-24(26)13-9-7-11-19(2)3)23(18-21)30-25(27)14-10-8-12-20(4)5/h15-16,18-20H,6-14,17H2,1-5H3. The van der Waals surface area contributed by atoms with Crippen LogP contribution in [0, 0.1) is 11.8 Å². The van der Waals surface area contributed by atoms with E-state index < -0.39 is 0 Å². The zero-order chi connectivity index (χ0) is 22.4. The van der Waals surface area contributed by atoms with Crippen LogP contribution in [0.2, 0.25) is 0 Å². The first-order valence-electron chi connectivity index (χ1n) is 11.5. The van der Waals surface area contributed by atoms with Crippen molar-refractivity contribution in [2.75, 3.05) is 6.61 Å². The molecule has 0 spiro atoms. The second-order valence-electron chi connectivity index (χ2n) is 8.68. The number of hydrogen-bond donors (Lipinski definition) is 0. The van der Waals surface area contributed by atoms with Crippen LogP contribution in [0.3, 0.4) is 0 Å². The van der Waals surface area contributed by atoms with Gasteiger partial charge in [-0.15, -0.1) is 0 Å². The Hall–Kier alpha value is -2.04. The molecule has 5 nitrogen and oxygen atoms in total. The van der Waals surface area contributed by atoms with Crippen molar-refractivity contribution >= 4 is 11.9 Å². The molecule has 0 saturated heterocycles. The maximum atomic E-state index is 12.3. The molecule has 0 saturated carbocycles. The van der Waals surface area contributed by atoms with Crippen LogP contribution in [0.15, 0.2) is 18.2 Å². The molecule has 1 aromatic rings. The monoisotopic (exact) mass is 420 g/mol. The minimum Gasteiger partial charge on any atom is -0.493 e. The second kappa shape index (κ2) is 14.9. The SMILES string of the molecule is CCCOc1ccc(OC(=O)CCCCC(C)C)c(OC(=O)CCCCC(C)C)c1. The first-order chi connectivity index (χ1) is 14.3. The van der Waals surface area contributed by atoms with Gasteiger partial charge < -0.3 is 14.2 Å². The molecule has 5 heteroatoms. The molecule has 0 aliphatic rings. The minimum atomic E-state index is -0.319. The Labute approximate surface area is 182 Å². The molecule has 0 unspecified atom stereocenters. The van der Waals surface area contributed by atoms with Gasteiger partial charge in [-0.2, -0.15) is 0 Å². The molecule has 0 fully saturated rings. The molecule has 0 N–H and O–H groups in total. The fourth-order valence-electron chi connectivity index (χ4n) is 2.95. The molecule has 1 aromatic carbocycles. The van der Waals surface area contributed by atoms with E-state index in [1.165, 1.54) is 0 Å². The van der Waals surface area contributed by atoms with Gasteiger partial charge in [-0.05, 0) is 43.2 Å². The van der Waals surface area contributed by atoms with E-state index in [0.717, 1.165) is 44.9 Å². The average Bonchev–Trinajstić information content (AvgIpc) is 2.68. The maximum Gasteiger partial charge on any atom is 0.311 e. The highest BCUT2D eigenvalue weighted by Gasteiger charge is 2.15. The number of esters is 2. The molecular formula is C25H40O5. The third kappa shape index (κ3) is 11.8. The molecule has 0 heterocycles. The summed E-state index contributed by atoms with van der Waals surface area (Å²) in [7, 11) is 0. The van der Waals surface area contributed by atoms with Gasteiger partial charge in [-0.1, -0.05) is 60.3 Å². The topological polar surface area (TPSA) is 61.8 Å². The third-order valence-corrected chi connectivity index (χ3v) is 4.66. The molecule has 0 aliphatic heterocycles. The fraction of sp³-hybridized carbons (Fsp3) is 0.680. The Bertz CT molecular complexity index is 636. The van der Waals surface area contributed by atoms with Gasteiger partial charge >= 0.3 is 11.9 Å². The Morgan fingerprint density at radius 1 is 0.800 bits per heavy atom. The number of rotatable bonds is 15. The van der Waals surface area contributed by atoms with E-state index in [9.17, 15) is 9.59 Å². The Morgan fingerprint density at radius 2 is 1.33 bits per heavy atom. The van der Waals surface area contributed by atoms with Crippen molar-refractivity contribution in [3.63, 3.8) is 0 Å². The number of hydrogen-bond acceptors (Lipinski definition) is 5. The zero-order valence-electron chi connectivity index (χ0n) is 19.5. The molecule has 30 heavy (non-hydrogen) atoms. The van der Waals surface area contributed by atoms with Crippen molar-refractivity contribution in [2.45, 2.75) is 92.4 Å². The summed E-state index contributed by atoms with van der Waals surface area (Å²) in [5, 5.41) is 0. The zero-order valence-corrected chi connectivity index (χ0v) is 19.5. The molecule has 0 aliphatic carbocycles. The van der Waals surface area contributed by atoms with Crippen LogP contribution in [0.5, 0.6) is 17.2 Å². The van der Waals surface area contributed by atoms with Crippen molar-refractivity contribution in [1.82, 2.24) is 0 Å². The molecule has 0 bridgehead atoms. The highest BCUT2D eigenvalue weighted by atomic mass is 16.6. The normalized spacial score (nSPS) is 11.0. The van der Waals surface area contributed by atoms with Crippen LogP contribution >= 0.6 is 0 Å². The summed E-state index contributed by atoms with van der Waals surface area (Å²) in [6.07, 6.45) is 7.31. The van der Waals surface area contributed by atoms with Crippen molar-refractivity contribution in [1.29, 1.82) is 0 Å². The van der Waals surface area contributed by atoms with Gasteiger partial charge in [0.15, 0.2) is 11.5 Å². The van der Waals surface area contributed by atoms with Gasteiger partial charge in [0, 0.05) is 18.9 Å². The molecular weight excluding hydrogens is 380 g/mol. The lowest BCUT2D eigenvalue weighted by Crippen LogP contribution is -2.12. The largest absolute Gasteiger partial charge is 0.493 e. The van der Waals surface area contributed by atoms with Crippen LogP contribution < -0.4 is 14.2 Å². The van der Waals surface area contributed by atoms with Crippen LogP contribution in [0.1, 0.15) is 92.4 Å². The van der Waals surface area contributed by atoms with E-state index in [1.54, 1.807) is 18.2 Å². The summed E-state index contributed by atoms with van der Waals surface area (Å²) in [5.74, 6) is 1.73. The predicted molar refractivity (Wildman–Crippen MR) is 120 cm³/mol. The predicted octanol–water partition coefficient (Wildman–Crippen LogP) is 6.72.